The van der Waals surface area contributed by atoms with Crippen LogP contribution in [0.3, 0.4) is 0 Å². The molecule has 40 heavy (non-hydrogen) atoms. The van der Waals surface area contributed by atoms with Gasteiger partial charge in [0.1, 0.15) is 5.15 Å². The lowest BCUT2D eigenvalue weighted by molar-refractivity contribution is -0.129. The molecule has 2 N–H and O–H groups in total. The van der Waals surface area contributed by atoms with E-state index in [0.29, 0.717) is 42.3 Å². The number of benzene rings is 1. The molecule has 0 unspecified atom stereocenters. The summed E-state index contributed by atoms with van der Waals surface area (Å²) >= 11 is 6.08. The van der Waals surface area contributed by atoms with Crippen molar-refractivity contribution in [3.63, 3.8) is 0 Å². The molecule has 0 saturated carbocycles. The van der Waals surface area contributed by atoms with Crippen molar-refractivity contribution in [1.29, 1.82) is 0 Å². The summed E-state index contributed by atoms with van der Waals surface area (Å²) in [6.45, 7) is 2.43. The molecule has 0 aliphatic carbocycles. The summed E-state index contributed by atoms with van der Waals surface area (Å²) in [5.41, 5.74) is 5.29. The van der Waals surface area contributed by atoms with Crippen molar-refractivity contribution >= 4 is 46.5 Å². The highest BCUT2D eigenvalue weighted by Crippen LogP contribution is 2.37. The number of aromatic nitrogens is 2. The van der Waals surface area contributed by atoms with Crippen LogP contribution in [0.25, 0.3) is 16.7 Å². The van der Waals surface area contributed by atoms with E-state index in [4.69, 9.17) is 21.3 Å². The van der Waals surface area contributed by atoms with Gasteiger partial charge in [-0.2, -0.15) is 0 Å². The predicted molar refractivity (Wildman–Crippen MR) is 154 cm³/mol. The number of ether oxygens (including phenoxy) is 1. The van der Waals surface area contributed by atoms with E-state index in [2.05, 4.69) is 15.6 Å². The highest BCUT2D eigenvalue weighted by molar-refractivity contribution is 6.29. The average molecular weight is 560 g/mol. The van der Waals surface area contributed by atoms with E-state index >= 15 is 0 Å². The smallest absolute Gasteiger partial charge is 0.411 e. The van der Waals surface area contributed by atoms with Gasteiger partial charge < -0.3 is 15.0 Å². The fourth-order valence-electron chi connectivity index (χ4n) is 5.21. The van der Waals surface area contributed by atoms with Crippen molar-refractivity contribution in [3.05, 3.63) is 77.3 Å². The van der Waals surface area contributed by atoms with Crippen LogP contribution >= 0.6 is 11.6 Å². The first-order valence-corrected chi connectivity index (χ1v) is 13.6. The van der Waals surface area contributed by atoms with Crippen LogP contribution in [0.15, 0.2) is 60.9 Å². The molecular formula is C30H30ClN5O4. The first-order valence-electron chi connectivity index (χ1n) is 13.2. The minimum atomic E-state index is -0.600. The summed E-state index contributed by atoms with van der Waals surface area (Å²) in [4.78, 5) is 48.9. The second-order valence-corrected chi connectivity index (χ2v) is 10.4. The Bertz CT molecular complexity index is 1490. The number of fused-ring (bicyclic) bond motifs is 4. The third-order valence-corrected chi connectivity index (χ3v) is 7.59. The van der Waals surface area contributed by atoms with Crippen LogP contribution in [0, 0.1) is 5.92 Å². The number of nitrogens with zero attached hydrogens (tertiary/aromatic N) is 3. The number of anilines is 2. The Balaban J connectivity index is 1.51. The summed E-state index contributed by atoms with van der Waals surface area (Å²) in [6.07, 6.45) is 7.19. The number of carbonyl (C=O) groups excluding carboxylic acids is 3. The molecule has 206 valence electrons. The lowest BCUT2D eigenvalue weighted by Gasteiger charge is -2.34. The number of carbonyl (C=O) groups is 3. The molecule has 2 bridgehead atoms. The largest absolute Gasteiger partial charge is 0.453 e. The zero-order valence-corrected chi connectivity index (χ0v) is 23.1. The van der Waals surface area contributed by atoms with Crippen molar-refractivity contribution in [2.24, 2.45) is 5.92 Å². The molecule has 2 aromatic heterocycles. The molecule has 0 saturated heterocycles. The van der Waals surface area contributed by atoms with Crippen LogP contribution in [-0.4, -0.2) is 46.4 Å². The van der Waals surface area contributed by atoms with E-state index in [0.717, 1.165) is 34.4 Å². The minimum Gasteiger partial charge on any atom is -0.453 e. The molecule has 2 aliphatic heterocycles. The van der Waals surface area contributed by atoms with Gasteiger partial charge in [0.25, 0.3) is 0 Å². The van der Waals surface area contributed by atoms with Crippen molar-refractivity contribution in [2.75, 3.05) is 24.3 Å². The van der Waals surface area contributed by atoms with Crippen molar-refractivity contribution < 1.29 is 19.1 Å². The van der Waals surface area contributed by atoms with Crippen LogP contribution in [0.1, 0.15) is 49.9 Å². The van der Waals surface area contributed by atoms with Gasteiger partial charge in [-0.1, -0.05) is 31.0 Å². The maximum atomic E-state index is 13.5. The van der Waals surface area contributed by atoms with Gasteiger partial charge in [-0.05, 0) is 72.4 Å². The van der Waals surface area contributed by atoms with Crippen LogP contribution in [-0.2, 0) is 14.3 Å². The molecule has 10 heteroatoms. The van der Waals surface area contributed by atoms with Crippen LogP contribution in [0.2, 0.25) is 5.15 Å². The van der Waals surface area contributed by atoms with E-state index in [1.54, 1.807) is 36.7 Å². The third-order valence-electron chi connectivity index (χ3n) is 7.38. The Hall–Kier alpha value is -4.24. The molecule has 3 amide bonds. The molecule has 2 atom stereocenters. The SMILES string of the molecule is COC(=O)Nc1ccc2c(c1)NC(=O)[C@H](C)CCC[C@H](N1CCC(c3ccnc(Cl)c3)=CC1=O)c1cc-2ccn1. The zero-order valence-electron chi connectivity index (χ0n) is 22.3. The molecule has 1 aromatic carbocycles. The van der Waals surface area contributed by atoms with Gasteiger partial charge in [0.15, 0.2) is 0 Å². The fourth-order valence-corrected chi connectivity index (χ4v) is 5.38. The number of hydrogen-bond acceptors (Lipinski definition) is 6. The summed E-state index contributed by atoms with van der Waals surface area (Å²) in [5.74, 6) is -0.444. The normalized spacial score (nSPS) is 19.4. The van der Waals surface area contributed by atoms with Gasteiger partial charge >= 0.3 is 6.09 Å². The highest BCUT2D eigenvalue weighted by Gasteiger charge is 2.30. The maximum absolute atomic E-state index is 13.5. The summed E-state index contributed by atoms with van der Waals surface area (Å²) < 4.78 is 4.71. The predicted octanol–water partition coefficient (Wildman–Crippen LogP) is 6.09. The Morgan fingerprint density at radius 3 is 2.65 bits per heavy atom. The Morgan fingerprint density at radius 1 is 1.07 bits per heavy atom. The average Bonchev–Trinajstić information content (AvgIpc) is 2.95. The molecular weight excluding hydrogens is 530 g/mol. The number of pyridine rings is 2. The summed E-state index contributed by atoms with van der Waals surface area (Å²) in [7, 11) is 1.29. The maximum Gasteiger partial charge on any atom is 0.411 e. The van der Waals surface area contributed by atoms with Gasteiger partial charge in [-0.15, -0.1) is 0 Å². The fraction of sp³-hybridized carbons (Fsp3) is 0.300. The van der Waals surface area contributed by atoms with Crippen molar-refractivity contribution in [3.8, 4) is 11.1 Å². The van der Waals surface area contributed by atoms with Crippen LogP contribution < -0.4 is 10.6 Å². The van der Waals surface area contributed by atoms with Gasteiger partial charge in [-0.25, -0.2) is 9.78 Å². The number of methoxy groups -OCH3 is 1. The molecule has 0 fully saturated rings. The zero-order chi connectivity index (χ0) is 28.2. The Kier molecular flexibility index (Phi) is 8.11. The second-order valence-electron chi connectivity index (χ2n) is 10.0. The van der Waals surface area contributed by atoms with Crippen molar-refractivity contribution in [2.45, 2.75) is 38.6 Å². The standard InChI is InChI=1S/C30H30ClN5O4/c1-18-4-3-5-26(36-13-10-20(16-28(36)37)19-8-12-33-27(31)15-19)25-14-21(9-11-32-25)23-7-6-22(34-30(39)40-2)17-24(23)35-29(18)38/h6-9,11-12,14-18,26H,3-5,10,13H2,1-2H3,(H,34,39)(H,35,38)/t18-,26+/m1/s1. The third kappa shape index (κ3) is 5.99. The summed E-state index contributed by atoms with van der Waals surface area (Å²) in [5, 5.41) is 6.08. The van der Waals surface area contributed by atoms with E-state index in [9.17, 15) is 14.4 Å². The molecule has 5 rings (SSSR count). The molecule has 2 aliphatic rings. The lowest BCUT2D eigenvalue weighted by Crippen LogP contribution is -2.38. The number of halogens is 1. The van der Waals surface area contributed by atoms with Gasteiger partial charge in [-0.3, -0.25) is 19.9 Å². The minimum absolute atomic E-state index is 0.0804. The summed E-state index contributed by atoms with van der Waals surface area (Å²) in [6, 6.07) is 12.5. The number of amides is 3. The van der Waals surface area contributed by atoms with Gasteiger partial charge in [0.2, 0.25) is 11.8 Å². The monoisotopic (exact) mass is 559 g/mol. The molecule has 0 spiro atoms. The van der Waals surface area contributed by atoms with E-state index in [-0.39, 0.29) is 23.8 Å². The second kappa shape index (κ2) is 11.9. The first kappa shape index (κ1) is 27.3. The van der Waals surface area contributed by atoms with Gasteiger partial charge in [0.05, 0.1) is 24.5 Å². The molecule has 9 nitrogen and oxygen atoms in total. The van der Waals surface area contributed by atoms with Crippen LogP contribution in [0.5, 0.6) is 0 Å². The number of hydrogen-bond donors (Lipinski definition) is 2. The van der Waals surface area contributed by atoms with E-state index in [1.807, 2.05) is 36.1 Å². The molecule has 0 radical (unpaired) electrons. The quantitative estimate of drug-likeness (QED) is 0.375. The van der Waals surface area contributed by atoms with E-state index in [1.165, 1.54) is 7.11 Å². The van der Waals surface area contributed by atoms with Gasteiger partial charge in [0, 0.05) is 42.2 Å². The highest BCUT2D eigenvalue weighted by atomic mass is 35.5. The number of rotatable bonds is 3. The van der Waals surface area contributed by atoms with Crippen LogP contribution in [0.4, 0.5) is 16.2 Å². The molecule has 3 aromatic rings. The topological polar surface area (TPSA) is 114 Å². The van der Waals surface area contributed by atoms with E-state index < -0.39 is 6.09 Å². The first-order chi connectivity index (χ1) is 19.3. The Labute approximate surface area is 237 Å². The number of nitrogens with one attached hydrogen (secondary N) is 2. The van der Waals surface area contributed by atoms with Crippen molar-refractivity contribution in [1.82, 2.24) is 14.9 Å². The lowest BCUT2D eigenvalue weighted by atomic mass is 9.93. The Morgan fingerprint density at radius 2 is 1.88 bits per heavy atom. The molecule has 4 heterocycles.